The minimum absolute atomic E-state index is 0.235. The molecule has 1 atom stereocenters. The van der Waals surface area contributed by atoms with Gasteiger partial charge in [0.25, 0.3) is 0 Å². The molecular weight excluding hydrogens is 214 g/mol. The van der Waals surface area contributed by atoms with Crippen molar-refractivity contribution in [1.82, 2.24) is 0 Å². The predicted octanol–water partition coefficient (Wildman–Crippen LogP) is 2.37. The maximum Gasteiger partial charge on any atom is 0.122 e. The second-order valence-corrected chi connectivity index (χ2v) is 5.01. The van der Waals surface area contributed by atoms with Crippen LogP contribution >= 0.6 is 0 Å². The van der Waals surface area contributed by atoms with E-state index in [2.05, 4.69) is 13.0 Å². The fourth-order valence-corrected chi connectivity index (χ4v) is 2.35. The number of hydrogen-bond acceptors (Lipinski definition) is 3. The van der Waals surface area contributed by atoms with E-state index in [9.17, 15) is 0 Å². The lowest BCUT2D eigenvalue weighted by molar-refractivity contribution is 0.379. The van der Waals surface area contributed by atoms with Crippen molar-refractivity contribution in [1.29, 1.82) is 0 Å². The largest absolute Gasteiger partial charge is 0.497 e. The van der Waals surface area contributed by atoms with Crippen LogP contribution in [0.2, 0.25) is 0 Å². The summed E-state index contributed by atoms with van der Waals surface area (Å²) in [5.41, 5.74) is 7.54. The summed E-state index contributed by atoms with van der Waals surface area (Å²) >= 11 is 0. The first-order chi connectivity index (χ1) is 8.11. The Morgan fingerprint density at radius 2 is 2.00 bits per heavy atom. The van der Waals surface area contributed by atoms with Crippen LogP contribution in [-0.2, 0) is 6.42 Å². The lowest BCUT2D eigenvalue weighted by Gasteiger charge is -2.21. The smallest absolute Gasteiger partial charge is 0.122 e. The van der Waals surface area contributed by atoms with Crippen molar-refractivity contribution in [2.45, 2.75) is 32.2 Å². The summed E-state index contributed by atoms with van der Waals surface area (Å²) in [6.07, 6.45) is 3.40. The molecule has 0 saturated heterocycles. The number of rotatable bonds is 5. The molecule has 1 aliphatic rings. The molecule has 0 aromatic heterocycles. The molecule has 1 aromatic carbocycles. The summed E-state index contributed by atoms with van der Waals surface area (Å²) in [7, 11) is 3.39. The number of nitrogens with two attached hydrogens (primary N) is 1. The number of methoxy groups -OCH3 is 2. The first-order valence-corrected chi connectivity index (χ1v) is 6.08. The summed E-state index contributed by atoms with van der Waals surface area (Å²) in [6.45, 7) is 2.10. The van der Waals surface area contributed by atoms with Gasteiger partial charge in [0.2, 0.25) is 0 Å². The van der Waals surface area contributed by atoms with Crippen LogP contribution in [0.15, 0.2) is 18.2 Å². The van der Waals surface area contributed by atoms with E-state index in [4.69, 9.17) is 15.2 Å². The summed E-state index contributed by atoms with van der Waals surface area (Å²) in [6, 6.07) is 6.18. The van der Waals surface area contributed by atoms with E-state index < -0.39 is 0 Å². The number of benzene rings is 1. The normalized spacial score (nSPS) is 18.6. The van der Waals surface area contributed by atoms with E-state index in [0.29, 0.717) is 0 Å². The van der Waals surface area contributed by atoms with E-state index in [1.54, 1.807) is 14.2 Å². The monoisotopic (exact) mass is 235 g/mol. The number of ether oxygens (including phenoxy) is 2. The summed E-state index contributed by atoms with van der Waals surface area (Å²) in [4.78, 5) is 0. The first-order valence-electron chi connectivity index (χ1n) is 6.08. The van der Waals surface area contributed by atoms with Gasteiger partial charge in [-0.1, -0.05) is 0 Å². The summed E-state index contributed by atoms with van der Waals surface area (Å²) < 4.78 is 10.7. The third-order valence-corrected chi connectivity index (χ3v) is 3.89. The van der Waals surface area contributed by atoms with E-state index in [-0.39, 0.29) is 11.5 Å². The van der Waals surface area contributed by atoms with E-state index in [1.807, 2.05) is 12.1 Å². The average molecular weight is 235 g/mol. The van der Waals surface area contributed by atoms with Crippen molar-refractivity contribution >= 4 is 0 Å². The molecule has 2 N–H and O–H groups in total. The van der Waals surface area contributed by atoms with Gasteiger partial charge in [-0.3, -0.25) is 0 Å². The van der Waals surface area contributed by atoms with Gasteiger partial charge >= 0.3 is 0 Å². The molecule has 1 fully saturated rings. The Kier molecular flexibility index (Phi) is 3.29. The highest BCUT2D eigenvalue weighted by atomic mass is 16.5. The Morgan fingerprint density at radius 3 is 2.47 bits per heavy atom. The number of hydrogen-bond donors (Lipinski definition) is 1. The van der Waals surface area contributed by atoms with Gasteiger partial charge in [-0.2, -0.15) is 0 Å². The SMILES string of the molecule is COc1ccc(OC)c(CC2(C(C)N)CC2)c1. The third-order valence-electron chi connectivity index (χ3n) is 3.89. The van der Waals surface area contributed by atoms with Gasteiger partial charge in [0.1, 0.15) is 11.5 Å². The van der Waals surface area contributed by atoms with Crippen LogP contribution in [-0.4, -0.2) is 20.3 Å². The molecule has 94 valence electrons. The topological polar surface area (TPSA) is 44.5 Å². The van der Waals surface area contributed by atoms with Crippen LogP contribution in [0.25, 0.3) is 0 Å². The highest BCUT2D eigenvalue weighted by Crippen LogP contribution is 2.51. The molecule has 3 nitrogen and oxygen atoms in total. The van der Waals surface area contributed by atoms with Crippen LogP contribution < -0.4 is 15.2 Å². The molecule has 0 spiro atoms. The Bertz CT molecular complexity index is 397. The van der Waals surface area contributed by atoms with Crippen LogP contribution in [0.5, 0.6) is 11.5 Å². The average Bonchev–Trinajstić information content (AvgIpc) is 3.10. The lowest BCUT2D eigenvalue weighted by atomic mass is 9.90. The lowest BCUT2D eigenvalue weighted by Crippen LogP contribution is -2.29. The van der Waals surface area contributed by atoms with E-state index in [1.165, 1.54) is 18.4 Å². The van der Waals surface area contributed by atoms with Gasteiger partial charge in [-0.05, 0) is 55.4 Å². The van der Waals surface area contributed by atoms with Crippen molar-refractivity contribution in [3.05, 3.63) is 23.8 Å². The van der Waals surface area contributed by atoms with Crippen LogP contribution in [0, 0.1) is 5.41 Å². The van der Waals surface area contributed by atoms with Crippen LogP contribution in [0.3, 0.4) is 0 Å². The van der Waals surface area contributed by atoms with Gasteiger partial charge in [0.05, 0.1) is 14.2 Å². The van der Waals surface area contributed by atoms with Crippen molar-refractivity contribution < 1.29 is 9.47 Å². The van der Waals surface area contributed by atoms with Gasteiger partial charge in [-0.25, -0.2) is 0 Å². The molecule has 3 heteroatoms. The fourth-order valence-electron chi connectivity index (χ4n) is 2.35. The van der Waals surface area contributed by atoms with Gasteiger partial charge < -0.3 is 15.2 Å². The third kappa shape index (κ3) is 2.39. The molecule has 0 bridgehead atoms. The maximum absolute atomic E-state index is 6.07. The van der Waals surface area contributed by atoms with Gasteiger partial charge in [-0.15, -0.1) is 0 Å². The minimum Gasteiger partial charge on any atom is -0.497 e. The molecule has 17 heavy (non-hydrogen) atoms. The Morgan fingerprint density at radius 1 is 1.29 bits per heavy atom. The second kappa shape index (κ2) is 4.57. The van der Waals surface area contributed by atoms with Crippen molar-refractivity contribution in [3.8, 4) is 11.5 Å². The predicted molar refractivity (Wildman–Crippen MR) is 68.6 cm³/mol. The molecule has 1 saturated carbocycles. The zero-order chi connectivity index (χ0) is 12.5. The molecule has 0 radical (unpaired) electrons. The standard InChI is InChI=1S/C14H21NO2/c1-10(15)14(6-7-14)9-11-8-12(16-2)4-5-13(11)17-3/h4-5,8,10H,6-7,9,15H2,1-3H3. The highest BCUT2D eigenvalue weighted by Gasteiger charge is 2.46. The quantitative estimate of drug-likeness (QED) is 0.852. The van der Waals surface area contributed by atoms with Crippen LogP contribution in [0.1, 0.15) is 25.3 Å². The zero-order valence-corrected chi connectivity index (χ0v) is 10.8. The maximum atomic E-state index is 6.07. The van der Waals surface area contributed by atoms with Gasteiger partial charge in [0, 0.05) is 6.04 Å². The van der Waals surface area contributed by atoms with Crippen molar-refractivity contribution in [2.75, 3.05) is 14.2 Å². The van der Waals surface area contributed by atoms with E-state index in [0.717, 1.165) is 17.9 Å². The van der Waals surface area contributed by atoms with Gasteiger partial charge in [0.15, 0.2) is 0 Å². The molecule has 0 amide bonds. The minimum atomic E-state index is 0.235. The Hall–Kier alpha value is -1.22. The molecule has 0 aliphatic heterocycles. The molecule has 1 unspecified atom stereocenters. The molecule has 2 rings (SSSR count). The molecule has 0 heterocycles. The first kappa shape index (κ1) is 12.2. The van der Waals surface area contributed by atoms with E-state index >= 15 is 0 Å². The van der Waals surface area contributed by atoms with Crippen LogP contribution in [0.4, 0.5) is 0 Å². The molecule has 1 aliphatic carbocycles. The van der Waals surface area contributed by atoms with Crippen molar-refractivity contribution in [2.24, 2.45) is 11.1 Å². The Labute approximate surface area is 103 Å². The Balaban J connectivity index is 2.24. The second-order valence-electron chi connectivity index (χ2n) is 5.01. The molecule has 1 aromatic rings. The highest BCUT2D eigenvalue weighted by molar-refractivity contribution is 5.41. The zero-order valence-electron chi connectivity index (χ0n) is 10.8. The fraction of sp³-hybridized carbons (Fsp3) is 0.571. The van der Waals surface area contributed by atoms with Crippen molar-refractivity contribution in [3.63, 3.8) is 0 Å². The summed E-state index contributed by atoms with van der Waals surface area (Å²) in [5, 5.41) is 0. The molecular formula is C14H21NO2. The summed E-state index contributed by atoms with van der Waals surface area (Å²) in [5.74, 6) is 1.80.